The molecular formula is C15H32N2O. The van der Waals surface area contributed by atoms with Crippen molar-refractivity contribution in [3.05, 3.63) is 0 Å². The van der Waals surface area contributed by atoms with E-state index in [1.165, 1.54) is 19.4 Å². The Labute approximate surface area is 113 Å². The summed E-state index contributed by atoms with van der Waals surface area (Å²) in [6, 6.07) is 1.83. The van der Waals surface area contributed by atoms with E-state index in [-0.39, 0.29) is 0 Å². The maximum atomic E-state index is 5.69. The largest absolute Gasteiger partial charge is 0.380 e. The van der Waals surface area contributed by atoms with Gasteiger partial charge in [0.2, 0.25) is 0 Å². The highest BCUT2D eigenvalue weighted by Gasteiger charge is 2.31. The highest BCUT2D eigenvalue weighted by Crippen LogP contribution is 2.19. The van der Waals surface area contributed by atoms with Gasteiger partial charge < -0.3 is 10.1 Å². The van der Waals surface area contributed by atoms with Crippen molar-refractivity contribution >= 4 is 0 Å². The topological polar surface area (TPSA) is 24.5 Å². The van der Waals surface area contributed by atoms with Crippen LogP contribution in [0, 0.1) is 5.92 Å². The molecule has 0 amide bonds. The second-order valence-corrected chi connectivity index (χ2v) is 5.91. The molecule has 1 aliphatic heterocycles. The van der Waals surface area contributed by atoms with Gasteiger partial charge >= 0.3 is 0 Å². The lowest BCUT2D eigenvalue weighted by Gasteiger charge is -2.44. The number of nitrogens with one attached hydrogen (secondary N) is 1. The normalized spacial score (nSPS) is 27.7. The van der Waals surface area contributed by atoms with Crippen LogP contribution in [0.4, 0.5) is 0 Å². The zero-order valence-electron chi connectivity index (χ0n) is 12.9. The zero-order valence-corrected chi connectivity index (χ0v) is 12.9. The van der Waals surface area contributed by atoms with E-state index in [1.807, 2.05) is 0 Å². The molecule has 0 aliphatic carbocycles. The molecule has 1 fully saturated rings. The molecule has 18 heavy (non-hydrogen) atoms. The Balaban J connectivity index is 2.61. The van der Waals surface area contributed by atoms with Gasteiger partial charge in [0.1, 0.15) is 0 Å². The fraction of sp³-hybridized carbons (Fsp3) is 1.00. The lowest BCUT2D eigenvalue weighted by Crippen LogP contribution is -2.60. The molecule has 0 bridgehead atoms. The van der Waals surface area contributed by atoms with E-state index >= 15 is 0 Å². The summed E-state index contributed by atoms with van der Waals surface area (Å²) in [5, 5.41) is 3.67. The molecule has 0 aromatic carbocycles. The van der Waals surface area contributed by atoms with E-state index < -0.39 is 0 Å². The van der Waals surface area contributed by atoms with E-state index in [4.69, 9.17) is 4.74 Å². The van der Waals surface area contributed by atoms with Gasteiger partial charge in [-0.3, -0.25) is 4.90 Å². The quantitative estimate of drug-likeness (QED) is 0.757. The van der Waals surface area contributed by atoms with E-state index in [0.29, 0.717) is 24.0 Å². The third-order valence-electron chi connectivity index (χ3n) is 4.02. The number of hydrogen-bond acceptors (Lipinski definition) is 3. The van der Waals surface area contributed by atoms with Crippen molar-refractivity contribution in [2.75, 3.05) is 26.3 Å². The Morgan fingerprint density at radius 1 is 1.33 bits per heavy atom. The third-order valence-corrected chi connectivity index (χ3v) is 4.02. The predicted molar refractivity (Wildman–Crippen MR) is 78.0 cm³/mol. The standard InChI is InChI=1S/C15H32N2O/c1-6-8-14-10-17(13(5)9-16-14)15(12(3)4)11-18-7-2/h12-16H,6-11H2,1-5H3. The van der Waals surface area contributed by atoms with Crippen LogP contribution in [0.1, 0.15) is 47.5 Å². The van der Waals surface area contributed by atoms with E-state index in [0.717, 1.165) is 19.8 Å². The number of ether oxygens (including phenoxy) is 1. The summed E-state index contributed by atoms with van der Waals surface area (Å²) in [5.74, 6) is 0.652. The Morgan fingerprint density at radius 3 is 2.61 bits per heavy atom. The smallest absolute Gasteiger partial charge is 0.0624 e. The summed E-state index contributed by atoms with van der Waals surface area (Å²) < 4.78 is 5.69. The molecular weight excluding hydrogens is 224 g/mol. The highest BCUT2D eigenvalue weighted by atomic mass is 16.5. The van der Waals surface area contributed by atoms with E-state index in [2.05, 4.69) is 44.8 Å². The minimum atomic E-state index is 0.557. The average molecular weight is 256 g/mol. The SMILES string of the molecule is CCCC1CN(C(COCC)C(C)C)C(C)CN1. The first-order chi connectivity index (χ1) is 8.60. The third kappa shape index (κ3) is 4.52. The molecule has 0 aromatic heterocycles. The first-order valence-corrected chi connectivity index (χ1v) is 7.66. The summed E-state index contributed by atoms with van der Waals surface area (Å²) in [4.78, 5) is 2.66. The van der Waals surface area contributed by atoms with Crippen molar-refractivity contribution in [1.29, 1.82) is 0 Å². The average Bonchev–Trinajstić information content (AvgIpc) is 2.33. The maximum absolute atomic E-state index is 5.69. The van der Waals surface area contributed by atoms with Crippen molar-refractivity contribution in [3.63, 3.8) is 0 Å². The summed E-state index contributed by atoms with van der Waals surface area (Å²) in [6.45, 7) is 15.3. The van der Waals surface area contributed by atoms with Gasteiger partial charge in [0, 0.05) is 37.8 Å². The molecule has 1 N–H and O–H groups in total. The number of hydrogen-bond donors (Lipinski definition) is 1. The van der Waals surface area contributed by atoms with E-state index in [1.54, 1.807) is 0 Å². The maximum Gasteiger partial charge on any atom is 0.0624 e. The van der Waals surface area contributed by atoms with E-state index in [9.17, 15) is 0 Å². The van der Waals surface area contributed by atoms with Crippen LogP contribution in [0.25, 0.3) is 0 Å². The van der Waals surface area contributed by atoms with Crippen LogP contribution < -0.4 is 5.32 Å². The second-order valence-electron chi connectivity index (χ2n) is 5.91. The molecule has 3 unspecified atom stereocenters. The Kier molecular flexibility index (Phi) is 7.20. The minimum Gasteiger partial charge on any atom is -0.380 e. The predicted octanol–water partition coefficient (Wildman–Crippen LogP) is 2.51. The zero-order chi connectivity index (χ0) is 13.5. The molecule has 1 aliphatic rings. The lowest BCUT2D eigenvalue weighted by molar-refractivity contribution is 0.00493. The summed E-state index contributed by atoms with van der Waals surface area (Å²) >= 11 is 0. The van der Waals surface area contributed by atoms with Crippen LogP contribution in [0.2, 0.25) is 0 Å². The molecule has 3 atom stereocenters. The Morgan fingerprint density at radius 2 is 2.06 bits per heavy atom. The van der Waals surface area contributed by atoms with Gasteiger partial charge in [0.15, 0.2) is 0 Å². The number of rotatable bonds is 7. The van der Waals surface area contributed by atoms with Crippen molar-refractivity contribution < 1.29 is 4.74 Å². The minimum absolute atomic E-state index is 0.557. The lowest BCUT2D eigenvalue weighted by atomic mass is 9.97. The Bertz CT molecular complexity index is 221. The monoisotopic (exact) mass is 256 g/mol. The van der Waals surface area contributed by atoms with Gasteiger partial charge in [0.05, 0.1) is 6.61 Å². The molecule has 1 saturated heterocycles. The summed E-state index contributed by atoms with van der Waals surface area (Å²) in [5.41, 5.74) is 0. The molecule has 0 saturated carbocycles. The first kappa shape index (κ1) is 15.9. The summed E-state index contributed by atoms with van der Waals surface area (Å²) in [7, 11) is 0. The fourth-order valence-electron chi connectivity index (χ4n) is 2.87. The van der Waals surface area contributed by atoms with Gasteiger partial charge in [-0.05, 0) is 26.2 Å². The van der Waals surface area contributed by atoms with Crippen molar-refractivity contribution in [2.24, 2.45) is 5.92 Å². The van der Waals surface area contributed by atoms with Crippen LogP contribution in [0.15, 0.2) is 0 Å². The molecule has 3 heteroatoms. The summed E-state index contributed by atoms with van der Waals surface area (Å²) in [6.07, 6.45) is 2.54. The van der Waals surface area contributed by atoms with Crippen LogP contribution in [0.3, 0.4) is 0 Å². The molecule has 1 rings (SSSR count). The molecule has 3 nitrogen and oxygen atoms in total. The molecule has 0 spiro atoms. The molecule has 1 heterocycles. The molecule has 0 radical (unpaired) electrons. The van der Waals surface area contributed by atoms with Crippen LogP contribution in [-0.2, 0) is 4.74 Å². The van der Waals surface area contributed by atoms with Gasteiger partial charge in [-0.1, -0.05) is 27.2 Å². The number of nitrogens with zero attached hydrogens (tertiary/aromatic N) is 1. The van der Waals surface area contributed by atoms with Gasteiger partial charge in [-0.25, -0.2) is 0 Å². The number of piperazine rings is 1. The van der Waals surface area contributed by atoms with Gasteiger partial charge in [-0.15, -0.1) is 0 Å². The van der Waals surface area contributed by atoms with Crippen LogP contribution >= 0.6 is 0 Å². The van der Waals surface area contributed by atoms with Crippen LogP contribution in [-0.4, -0.2) is 49.3 Å². The van der Waals surface area contributed by atoms with Gasteiger partial charge in [0.25, 0.3) is 0 Å². The highest BCUT2D eigenvalue weighted by molar-refractivity contribution is 4.88. The Hall–Kier alpha value is -0.120. The van der Waals surface area contributed by atoms with Crippen LogP contribution in [0.5, 0.6) is 0 Å². The van der Waals surface area contributed by atoms with Crippen molar-refractivity contribution in [2.45, 2.75) is 65.6 Å². The fourth-order valence-corrected chi connectivity index (χ4v) is 2.87. The second kappa shape index (κ2) is 8.13. The van der Waals surface area contributed by atoms with Crippen molar-refractivity contribution in [1.82, 2.24) is 10.2 Å². The van der Waals surface area contributed by atoms with Crippen molar-refractivity contribution in [3.8, 4) is 0 Å². The van der Waals surface area contributed by atoms with Gasteiger partial charge in [-0.2, -0.15) is 0 Å². The molecule has 0 aromatic rings. The molecule has 108 valence electrons. The first-order valence-electron chi connectivity index (χ1n) is 7.66.